The summed E-state index contributed by atoms with van der Waals surface area (Å²) in [6.07, 6.45) is 15.4. The largest absolute Gasteiger partial charge is 0.395 e. The molecule has 25 heavy (non-hydrogen) atoms. The molecular weight excluding hydrogens is 316 g/mol. The summed E-state index contributed by atoms with van der Waals surface area (Å²) in [5.41, 5.74) is -2.39. The van der Waals surface area contributed by atoms with Crippen molar-refractivity contribution in [2.24, 2.45) is 17.3 Å². The Morgan fingerprint density at radius 1 is 0.520 bits per heavy atom. The molecule has 2 rings (SSSR count). The second-order valence-corrected chi connectivity index (χ2v) is 8.66. The maximum Gasteiger partial charge on any atom is 0.0825 e. The van der Waals surface area contributed by atoms with E-state index in [1.54, 1.807) is 0 Å². The number of aliphatic hydroxyl groups is 4. The molecule has 4 heteroatoms. The molecule has 0 amide bonds. The molecule has 0 atom stereocenters. The maximum absolute atomic E-state index is 12.1. The van der Waals surface area contributed by atoms with Crippen molar-refractivity contribution >= 4 is 0 Å². The van der Waals surface area contributed by atoms with Crippen molar-refractivity contribution in [3.63, 3.8) is 0 Å². The SMILES string of the molecule is OCC(CO)(CO)C(O)(C1CCCCCCC1)C1CCCCCCC1. The third kappa shape index (κ3) is 4.58. The minimum atomic E-state index is -1.21. The van der Waals surface area contributed by atoms with Crippen LogP contribution in [0.4, 0.5) is 0 Å². The first-order valence-electron chi connectivity index (χ1n) is 10.7. The van der Waals surface area contributed by atoms with Crippen LogP contribution in [0.25, 0.3) is 0 Å². The van der Waals surface area contributed by atoms with Crippen molar-refractivity contribution in [1.82, 2.24) is 0 Å². The molecule has 2 aliphatic rings. The van der Waals surface area contributed by atoms with E-state index in [2.05, 4.69) is 0 Å². The van der Waals surface area contributed by atoms with Gasteiger partial charge in [0.25, 0.3) is 0 Å². The second-order valence-electron chi connectivity index (χ2n) is 8.66. The predicted octanol–water partition coefficient (Wildman–Crippen LogP) is 3.40. The number of rotatable bonds is 6. The monoisotopic (exact) mass is 356 g/mol. The van der Waals surface area contributed by atoms with Crippen molar-refractivity contribution in [3.8, 4) is 0 Å². The zero-order chi connectivity index (χ0) is 18.2. The fourth-order valence-corrected chi connectivity index (χ4v) is 5.52. The van der Waals surface area contributed by atoms with E-state index in [1.807, 2.05) is 0 Å². The lowest BCUT2D eigenvalue weighted by Crippen LogP contribution is -2.63. The fourth-order valence-electron chi connectivity index (χ4n) is 5.52. The van der Waals surface area contributed by atoms with Crippen LogP contribution in [0.2, 0.25) is 0 Å². The minimum absolute atomic E-state index is 0.0590. The van der Waals surface area contributed by atoms with Gasteiger partial charge < -0.3 is 20.4 Å². The second kappa shape index (κ2) is 10.2. The Kier molecular flexibility index (Phi) is 8.67. The van der Waals surface area contributed by atoms with Crippen molar-refractivity contribution < 1.29 is 20.4 Å². The van der Waals surface area contributed by atoms with Gasteiger partial charge in [0.05, 0.1) is 30.8 Å². The summed E-state index contributed by atoms with van der Waals surface area (Å²) in [6.45, 7) is -1.07. The van der Waals surface area contributed by atoms with E-state index in [1.165, 1.54) is 38.5 Å². The van der Waals surface area contributed by atoms with Crippen LogP contribution in [0.1, 0.15) is 89.9 Å². The highest BCUT2D eigenvalue weighted by molar-refractivity contribution is 5.06. The Bertz CT molecular complexity index is 321. The molecule has 0 unspecified atom stereocenters. The smallest absolute Gasteiger partial charge is 0.0825 e. The van der Waals surface area contributed by atoms with Gasteiger partial charge in [0, 0.05) is 0 Å². The molecule has 0 aliphatic heterocycles. The van der Waals surface area contributed by atoms with Gasteiger partial charge in [-0.05, 0) is 37.5 Å². The Labute approximate surface area is 153 Å². The Morgan fingerprint density at radius 3 is 1.08 bits per heavy atom. The zero-order valence-electron chi connectivity index (χ0n) is 16.0. The first kappa shape index (κ1) is 21.1. The van der Waals surface area contributed by atoms with Gasteiger partial charge in [-0.25, -0.2) is 0 Å². The van der Waals surface area contributed by atoms with Crippen LogP contribution in [0.3, 0.4) is 0 Å². The number of hydrogen-bond acceptors (Lipinski definition) is 4. The van der Waals surface area contributed by atoms with E-state index in [0.29, 0.717) is 0 Å². The summed E-state index contributed by atoms with van der Waals surface area (Å²) in [7, 11) is 0. The maximum atomic E-state index is 12.1. The molecule has 0 heterocycles. The predicted molar refractivity (Wildman–Crippen MR) is 100 cm³/mol. The lowest BCUT2D eigenvalue weighted by atomic mass is 9.56. The van der Waals surface area contributed by atoms with Crippen LogP contribution in [0, 0.1) is 17.3 Å². The van der Waals surface area contributed by atoms with Crippen molar-refractivity contribution in [1.29, 1.82) is 0 Å². The molecule has 2 saturated carbocycles. The standard InChI is InChI=1S/C21H40O4/c22-15-20(16-23,17-24)21(25,18-11-7-3-1-4-8-12-18)19-13-9-5-2-6-10-14-19/h18-19,22-25H,1-17H2. The fraction of sp³-hybridized carbons (Fsp3) is 1.00. The highest BCUT2D eigenvalue weighted by Crippen LogP contribution is 2.50. The van der Waals surface area contributed by atoms with Crippen molar-refractivity contribution in [3.05, 3.63) is 0 Å². The van der Waals surface area contributed by atoms with E-state index in [9.17, 15) is 20.4 Å². The number of hydrogen-bond donors (Lipinski definition) is 4. The van der Waals surface area contributed by atoms with Crippen LogP contribution < -0.4 is 0 Å². The van der Waals surface area contributed by atoms with Gasteiger partial charge in [-0.1, -0.05) is 64.2 Å². The normalized spacial score (nSPS) is 23.5. The molecule has 0 bridgehead atoms. The first-order chi connectivity index (χ1) is 12.1. The highest BCUT2D eigenvalue weighted by Gasteiger charge is 2.57. The van der Waals surface area contributed by atoms with E-state index in [4.69, 9.17) is 0 Å². The summed E-state index contributed by atoms with van der Waals surface area (Å²) in [4.78, 5) is 0. The average Bonchev–Trinajstić information content (AvgIpc) is 2.56. The molecule has 4 nitrogen and oxygen atoms in total. The van der Waals surface area contributed by atoms with Crippen LogP contribution in [-0.2, 0) is 0 Å². The minimum Gasteiger partial charge on any atom is -0.395 e. The summed E-state index contributed by atoms with van der Waals surface area (Å²) >= 11 is 0. The molecule has 0 aromatic carbocycles. The zero-order valence-corrected chi connectivity index (χ0v) is 16.0. The summed E-state index contributed by atoms with van der Waals surface area (Å²) in [6, 6.07) is 0. The van der Waals surface area contributed by atoms with Gasteiger partial charge in [0.2, 0.25) is 0 Å². The molecule has 4 N–H and O–H groups in total. The van der Waals surface area contributed by atoms with E-state index >= 15 is 0 Å². The molecular formula is C21H40O4. The molecule has 2 fully saturated rings. The van der Waals surface area contributed by atoms with E-state index in [-0.39, 0.29) is 31.7 Å². The quantitative estimate of drug-likeness (QED) is 0.588. The van der Waals surface area contributed by atoms with Gasteiger partial charge in [0.15, 0.2) is 0 Å². The van der Waals surface area contributed by atoms with Crippen LogP contribution in [-0.4, -0.2) is 45.8 Å². The molecule has 0 spiro atoms. The van der Waals surface area contributed by atoms with Gasteiger partial charge in [0.1, 0.15) is 0 Å². The van der Waals surface area contributed by atoms with Gasteiger partial charge in [-0.3, -0.25) is 0 Å². The lowest BCUT2D eigenvalue weighted by molar-refractivity contribution is -0.217. The molecule has 0 aromatic rings. The Hall–Kier alpha value is -0.160. The molecule has 0 saturated heterocycles. The lowest BCUT2D eigenvalue weighted by Gasteiger charge is -2.54. The van der Waals surface area contributed by atoms with Crippen LogP contribution in [0.5, 0.6) is 0 Å². The Morgan fingerprint density at radius 2 is 0.800 bits per heavy atom. The van der Waals surface area contributed by atoms with Gasteiger partial charge >= 0.3 is 0 Å². The summed E-state index contributed by atoms with van der Waals surface area (Å²) in [5, 5.41) is 42.6. The Balaban J connectivity index is 2.36. The van der Waals surface area contributed by atoms with Crippen molar-refractivity contribution in [2.75, 3.05) is 19.8 Å². The van der Waals surface area contributed by atoms with E-state index < -0.39 is 11.0 Å². The molecule has 0 aromatic heterocycles. The van der Waals surface area contributed by atoms with Crippen molar-refractivity contribution in [2.45, 2.75) is 95.5 Å². The first-order valence-corrected chi connectivity index (χ1v) is 10.7. The number of aliphatic hydroxyl groups excluding tert-OH is 3. The third-order valence-corrected chi connectivity index (χ3v) is 7.21. The summed E-state index contributed by atoms with van der Waals surface area (Å²) in [5.74, 6) is 0.118. The molecule has 0 radical (unpaired) electrons. The van der Waals surface area contributed by atoms with E-state index in [0.717, 1.165) is 51.4 Å². The summed E-state index contributed by atoms with van der Waals surface area (Å²) < 4.78 is 0. The average molecular weight is 357 g/mol. The topological polar surface area (TPSA) is 80.9 Å². The molecule has 148 valence electrons. The molecule has 2 aliphatic carbocycles. The van der Waals surface area contributed by atoms with Crippen LogP contribution >= 0.6 is 0 Å². The van der Waals surface area contributed by atoms with Crippen LogP contribution in [0.15, 0.2) is 0 Å². The third-order valence-electron chi connectivity index (χ3n) is 7.21. The van der Waals surface area contributed by atoms with Gasteiger partial charge in [-0.2, -0.15) is 0 Å². The van der Waals surface area contributed by atoms with Gasteiger partial charge in [-0.15, -0.1) is 0 Å². The highest BCUT2D eigenvalue weighted by atomic mass is 16.3.